The molecule has 0 saturated carbocycles. The van der Waals surface area contributed by atoms with E-state index in [2.05, 4.69) is 37.6 Å². The van der Waals surface area contributed by atoms with Crippen molar-refractivity contribution < 1.29 is 9.13 Å². The maximum absolute atomic E-state index is 14.9. The van der Waals surface area contributed by atoms with Crippen molar-refractivity contribution in [2.75, 3.05) is 18.6 Å². The molecule has 0 bridgehead atoms. The van der Waals surface area contributed by atoms with Gasteiger partial charge in [0.05, 0.1) is 7.11 Å². The van der Waals surface area contributed by atoms with Gasteiger partial charge in [0.15, 0.2) is 0 Å². The fraction of sp³-hybridized carbons (Fsp3) is 0.435. The van der Waals surface area contributed by atoms with Gasteiger partial charge in [-0.2, -0.15) is 0 Å². The molecule has 27 heavy (non-hydrogen) atoms. The average molecular weight is 368 g/mol. The van der Waals surface area contributed by atoms with Gasteiger partial charge in [-0.15, -0.1) is 0 Å². The summed E-state index contributed by atoms with van der Waals surface area (Å²) in [7, 11) is 1.61. The number of benzene rings is 2. The molecule has 1 unspecified atom stereocenters. The van der Waals surface area contributed by atoms with Crippen LogP contribution in [0.25, 0.3) is 0 Å². The van der Waals surface area contributed by atoms with Crippen LogP contribution in [0.1, 0.15) is 57.6 Å². The Morgan fingerprint density at radius 3 is 2.74 bits per heavy atom. The Kier molecular flexibility index (Phi) is 5.54. The first-order valence-corrected chi connectivity index (χ1v) is 9.65. The molecule has 4 heteroatoms. The molecular weight excluding hydrogens is 339 g/mol. The number of halogens is 1. The second-order valence-corrected chi connectivity index (χ2v) is 7.93. The molecule has 1 atom stereocenters. The molecule has 144 valence electrons. The monoisotopic (exact) mass is 368 g/mol. The highest BCUT2D eigenvalue weighted by atomic mass is 19.1. The fourth-order valence-electron chi connectivity index (χ4n) is 4.14. The number of nitrogens with zero attached hydrogens (tertiary/aromatic N) is 2. The van der Waals surface area contributed by atoms with Crippen molar-refractivity contribution in [3.05, 3.63) is 53.3 Å². The molecule has 2 aromatic carbocycles. The predicted octanol–water partition coefficient (Wildman–Crippen LogP) is 6.09. The Labute approximate surface area is 161 Å². The second-order valence-electron chi connectivity index (χ2n) is 7.93. The molecule has 0 fully saturated rings. The number of rotatable bonds is 5. The van der Waals surface area contributed by atoms with Crippen molar-refractivity contribution in [2.24, 2.45) is 4.99 Å². The molecule has 2 aromatic rings. The van der Waals surface area contributed by atoms with Gasteiger partial charge in [0, 0.05) is 29.5 Å². The molecule has 0 spiro atoms. The molecule has 0 aliphatic carbocycles. The Hall–Kier alpha value is -2.36. The normalized spacial score (nSPS) is 18.6. The van der Waals surface area contributed by atoms with Gasteiger partial charge in [0.1, 0.15) is 17.3 Å². The molecule has 3 rings (SSSR count). The molecule has 0 aromatic heterocycles. The summed E-state index contributed by atoms with van der Waals surface area (Å²) in [6.07, 6.45) is 3.69. The van der Waals surface area contributed by atoms with Crippen molar-refractivity contribution >= 4 is 17.6 Å². The number of para-hydroxylation sites is 2. The highest BCUT2D eigenvalue weighted by Gasteiger charge is 2.36. The van der Waals surface area contributed by atoms with E-state index in [0.29, 0.717) is 22.9 Å². The summed E-state index contributed by atoms with van der Waals surface area (Å²) >= 11 is 0. The molecule has 3 nitrogen and oxygen atoms in total. The van der Waals surface area contributed by atoms with Crippen LogP contribution in [-0.4, -0.2) is 25.4 Å². The SMILES string of the molecule is CCCN1c2cc(F)c(C=Nc3ccccc3OC)cc2C(C)CC1(C)C. The summed E-state index contributed by atoms with van der Waals surface area (Å²) in [6.45, 7) is 9.82. The van der Waals surface area contributed by atoms with Crippen molar-refractivity contribution in [3.63, 3.8) is 0 Å². The van der Waals surface area contributed by atoms with Gasteiger partial charge < -0.3 is 9.64 Å². The quantitative estimate of drug-likeness (QED) is 0.597. The zero-order chi connectivity index (χ0) is 19.6. The minimum absolute atomic E-state index is 0.0296. The lowest BCUT2D eigenvalue weighted by Gasteiger charge is -2.47. The van der Waals surface area contributed by atoms with Crippen LogP contribution in [0, 0.1) is 5.82 Å². The molecule has 1 heterocycles. The van der Waals surface area contributed by atoms with Crippen molar-refractivity contribution in [1.29, 1.82) is 0 Å². The van der Waals surface area contributed by atoms with E-state index in [0.717, 1.165) is 25.1 Å². The molecule has 1 aliphatic rings. The standard InChI is InChI=1S/C23H29FN2O/c1-6-11-26-21-13-19(24)17(12-18(21)16(2)14-23(26,3)4)15-25-20-9-7-8-10-22(20)27-5/h7-10,12-13,15-16H,6,11,14H2,1-5H3. The zero-order valence-corrected chi connectivity index (χ0v) is 16.9. The summed E-state index contributed by atoms with van der Waals surface area (Å²) in [5.74, 6) is 0.817. The summed E-state index contributed by atoms with van der Waals surface area (Å²) in [4.78, 5) is 6.82. The number of fused-ring (bicyclic) bond motifs is 1. The highest BCUT2D eigenvalue weighted by molar-refractivity contribution is 5.85. The predicted molar refractivity (Wildman–Crippen MR) is 111 cm³/mol. The zero-order valence-electron chi connectivity index (χ0n) is 16.9. The Morgan fingerprint density at radius 2 is 2.04 bits per heavy atom. The van der Waals surface area contributed by atoms with Gasteiger partial charge in [0.25, 0.3) is 0 Å². The Bertz CT molecular complexity index is 844. The second kappa shape index (κ2) is 7.71. The minimum Gasteiger partial charge on any atom is -0.494 e. The molecular formula is C23H29FN2O. The van der Waals surface area contributed by atoms with E-state index in [1.54, 1.807) is 19.4 Å². The third-order valence-electron chi connectivity index (χ3n) is 5.38. The van der Waals surface area contributed by atoms with Crippen molar-refractivity contribution in [2.45, 2.75) is 52.0 Å². The maximum Gasteiger partial charge on any atom is 0.144 e. The maximum atomic E-state index is 14.9. The summed E-state index contributed by atoms with van der Waals surface area (Å²) in [5, 5.41) is 0. The summed E-state index contributed by atoms with van der Waals surface area (Å²) in [6, 6.07) is 11.1. The number of ether oxygens (including phenoxy) is 1. The van der Waals surface area contributed by atoms with Crippen molar-refractivity contribution in [1.82, 2.24) is 0 Å². The van der Waals surface area contributed by atoms with Gasteiger partial charge in [-0.25, -0.2) is 4.39 Å². The van der Waals surface area contributed by atoms with E-state index in [-0.39, 0.29) is 11.4 Å². The lowest BCUT2D eigenvalue weighted by Crippen LogP contribution is -2.48. The van der Waals surface area contributed by atoms with Crippen molar-refractivity contribution in [3.8, 4) is 5.75 Å². The molecule has 0 radical (unpaired) electrons. The average Bonchev–Trinajstić information content (AvgIpc) is 2.63. The molecule has 0 amide bonds. The third-order valence-corrected chi connectivity index (χ3v) is 5.38. The Balaban J connectivity index is 2.01. The van der Waals surface area contributed by atoms with Gasteiger partial charge in [-0.1, -0.05) is 26.0 Å². The van der Waals surface area contributed by atoms with Crippen LogP contribution < -0.4 is 9.64 Å². The van der Waals surface area contributed by atoms with Gasteiger partial charge in [-0.05, 0) is 62.4 Å². The van der Waals surface area contributed by atoms with Crippen LogP contribution in [0.2, 0.25) is 0 Å². The van der Waals surface area contributed by atoms with Crippen LogP contribution in [0.15, 0.2) is 41.4 Å². The van der Waals surface area contributed by atoms with Crippen LogP contribution in [-0.2, 0) is 0 Å². The number of methoxy groups -OCH3 is 1. The first-order valence-electron chi connectivity index (χ1n) is 9.65. The van der Waals surface area contributed by atoms with E-state index < -0.39 is 0 Å². The summed E-state index contributed by atoms with van der Waals surface area (Å²) < 4.78 is 20.2. The number of anilines is 1. The lowest BCUT2D eigenvalue weighted by atomic mass is 9.79. The third kappa shape index (κ3) is 3.85. The van der Waals surface area contributed by atoms with Crippen LogP contribution in [0.4, 0.5) is 15.8 Å². The van der Waals surface area contributed by atoms with E-state index in [9.17, 15) is 4.39 Å². The van der Waals surface area contributed by atoms with E-state index >= 15 is 0 Å². The van der Waals surface area contributed by atoms with E-state index in [1.807, 2.05) is 30.3 Å². The topological polar surface area (TPSA) is 24.8 Å². The summed E-state index contributed by atoms with van der Waals surface area (Å²) in [5.41, 5.74) is 3.46. The lowest BCUT2D eigenvalue weighted by molar-refractivity contribution is 0.375. The minimum atomic E-state index is -0.238. The Morgan fingerprint density at radius 1 is 1.30 bits per heavy atom. The van der Waals surface area contributed by atoms with E-state index in [4.69, 9.17) is 4.74 Å². The van der Waals surface area contributed by atoms with Crippen LogP contribution in [0.3, 0.4) is 0 Å². The largest absolute Gasteiger partial charge is 0.494 e. The smallest absolute Gasteiger partial charge is 0.144 e. The number of hydrogen-bond donors (Lipinski definition) is 0. The van der Waals surface area contributed by atoms with Crippen LogP contribution in [0.5, 0.6) is 5.75 Å². The number of hydrogen-bond acceptors (Lipinski definition) is 3. The van der Waals surface area contributed by atoms with E-state index in [1.165, 1.54) is 5.56 Å². The number of aliphatic imine (C=N–C) groups is 1. The first kappa shape index (κ1) is 19.4. The van der Waals surface area contributed by atoms with Crippen LogP contribution >= 0.6 is 0 Å². The highest BCUT2D eigenvalue weighted by Crippen LogP contribution is 2.44. The van der Waals surface area contributed by atoms with Gasteiger partial charge in [-0.3, -0.25) is 4.99 Å². The van der Waals surface area contributed by atoms with Gasteiger partial charge in [0.2, 0.25) is 0 Å². The molecule has 0 N–H and O–H groups in total. The molecule has 1 aliphatic heterocycles. The first-order chi connectivity index (χ1) is 12.9. The molecule has 0 saturated heterocycles. The van der Waals surface area contributed by atoms with Gasteiger partial charge >= 0.3 is 0 Å². The fourth-order valence-corrected chi connectivity index (χ4v) is 4.14.